The number of hydrogen-bond acceptors (Lipinski definition) is 3. The first-order valence-corrected chi connectivity index (χ1v) is 5.66. The van der Waals surface area contributed by atoms with Gasteiger partial charge in [-0.1, -0.05) is 30.3 Å². The smallest absolute Gasteiger partial charge is 0.0626 e. The highest BCUT2D eigenvalue weighted by Gasteiger charge is 2.09. The summed E-state index contributed by atoms with van der Waals surface area (Å²) in [6, 6.07) is 9.91. The third kappa shape index (κ3) is 3.15. The summed E-state index contributed by atoms with van der Waals surface area (Å²) in [5, 5.41) is 16.8. The van der Waals surface area contributed by atoms with Gasteiger partial charge in [-0.25, -0.2) is 0 Å². The Morgan fingerprint density at radius 3 is 2.71 bits per heavy atom. The van der Waals surface area contributed by atoms with E-state index in [4.69, 9.17) is 0 Å². The van der Waals surface area contributed by atoms with Crippen molar-refractivity contribution in [3.63, 3.8) is 0 Å². The van der Waals surface area contributed by atoms with Gasteiger partial charge in [0.15, 0.2) is 0 Å². The van der Waals surface area contributed by atoms with Crippen molar-refractivity contribution in [2.24, 2.45) is 7.05 Å². The van der Waals surface area contributed by atoms with Crippen LogP contribution in [-0.2, 0) is 13.6 Å². The first-order chi connectivity index (χ1) is 8.29. The zero-order chi connectivity index (χ0) is 12.1. The molecule has 0 radical (unpaired) electrons. The minimum Gasteiger partial charge on any atom is -0.394 e. The normalized spacial score (nSPS) is 12.6. The predicted octanol–water partition coefficient (Wildman–Crippen LogP) is 1.24. The minimum atomic E-state index is -0.0311. The molecule has 0 bridgehead atoms. The van der Waals surface area contributed by atoms with E-state index in [0.717, 1.165) is 11.1 Å². The van der Waals surface area contributed by atoms with Crippen LogP contribution in [-0.4, -0.2) is 21.5 Å². The van der Waals surface area contributed by atoms with E-state index < -0.39 is 0 Å². The monoisotopic (exact) mass is 231 g/mol. The minimum absolute atomic E-state index is 0.0311. The Bertz CT molecular complexity index is 453. The highest BCUT2D eigenvalue weighted by atomic mass is 16.3. The van der Waals surface area contributed by atoms with Crippen molar-refractivity contribution in [1.29, 1.82) is 0 Å². The molecule has 1 heterocycles. The van der Waals surface area contributed by atoms with Crippen LogP contribution in [0.25, 0.3) is 0 Å². The molecule has 2 N–H and O–H groups in total. The Labute approximate surface area is 101 Å². The molecular weight excluding hydrogens is 214 g/mol. The van der Waals surface area contributed by atoms with Crippen molar-refractivity contribution in [3.05, 3.63) is 53.9 Å². The topological polar surface area (TPSA) is 50.1 Å². The molecule has 2 aromatic rings. The maximum absolute atomic E-state index is 9.38. The summed E-state index contributed by atoms with van der Waals surface area (Å²) in [6.45, 7) is 0.790. The number of aliphatic hydroxyl groups is 1. The molecule has 0 amide bonds. The zero-order valence-corrected chi connectivity index (χ0v) is 9.87. The van der Waals surface area contributed by atoms with Gasteiger partial charge >= 0.3 is 0 Å². The van der Waals surface area contributed by atoms with Gasteiger partial charge in [-0.05, 0) is 5.56 Å². The molecule has 0 aliphatic carbocycles. The first-order valence-electron chi connectivity index (χ1n) is 5.66. The second-order valence-electron chi connectivity index (χ2n) is 4.05. The average molecular weight is 231 g/mol. The van der Waals surface area contributed by atoms with Crippen LogP contribution >= 0.6 is 0 Å². The Hall–Kier alpha value is -1.65. The van der Waals surface area contributed by atoms with E-state index in [9.17, 15) is 5.11 Å². The number of aromatic nitrogens is 2. The fourth-order valence-corrected chi connectivity index (χ4v) is 1.78. The number of rotatable bonds is 5. The van der Waals surface area contributed by atoms with Gasteiger partial charge in [0.25, 0.3) is 0 Å². The van der Waals surface area contributed by atoms with E-state index in [1.54, 1.807) is 4.68 Å². The summed E-state index contributed by atoms with van der Waals surface area (Å²) >= 11 is 0. The molecule has 0 aliphatic heterocycles. The molecular formula is C13H17N3O. The lowest BCUT2D eigenvalue weighted by Crippen LogP contribution is -2.23. The molecule has 1 unspecified atom stereocenters. The summed E-state index contributed by atoms with van der Waals surface area (Å²) in [5.74, 6) is 0. The van der Waals surface area contributed by atoms with Gasteiger partial charge in [0.1, 0.15) is 0 Å². The molecule has 0 spiro atoms. The predicted molar refractivity (Wildman–Crippen MR) is 66.3 cm³/mol. The molecule has 1 aromatic carbocycles. The summed E-state index contributed by atoms with van der Waals surface area (Å²) in [4.78, 5) is 0. The lowest BCUT2D eigenvalue weighted by Gasteiger charge is -2.15. The maximum Gasteiger partial charge on any atom is 0.0626 e. The van der Waals surface area contributed by atoms with E-state index in [-0.39, 0.29) is 12.6 Å². The SMILES string of the molecule is Cn1cc(CNC(CO)c2ccccc2)cn1. The summed E-state index contributed by atoms with van der Waals surface area (Å²) < 4.78 is 1.77. The summed E-state index contributed by atoms with van der Waals surface area (Å²) in [6.07, 6.45) is 3.79. The second kappa shape index (κ2) is 5.61. The van der Waals surface area contributed by atoms with E-state index >= 15 is 0 Å². The Kier molecular flexibility index (Phi) is 3.90. The van der Waals surface area contributed by atoms with Gasteiger partial charge in [0.2, 0.25) is 0 Å². The van der Waals surface area contributed by atoms with Crippen molar-refractivity contribution in [2.45, 2.75) is 12.6 Å². The van der Waals surface area contributed by atoms with Gasteiger partial charge in [0, 0.05) is 25.4 Å². The third-order valence-corrected chi connectivity index (χ3v) is 2.70. The number of hydrogen-bond donors (Lipinski definition) is 2. The molecule has 0 fully saturated rings. The average Bonchev–Trinajstić information content (AvgIpc) is 2.77. The molecule has 0 saturated heterocycles. The Morgan fingerprint density at radius 1 is 1.35 bits per heavy atom. The molecule has 0 aliphatic rings. The van der Waals surface area contributed by atoms with E-state index in [1.807, 2.05) is 49.8 Å². The summed E-state index contributed by atoms with van der Waals surface area (Å²) in [5.41, 5.74) is 2.21. The molecule has 17 heavy (non-hydrogen) atoms. The molecule has 1 atom stereocenters. The highest BCUT2D eigenvalue weighted by Crippen LogP contribution is 2.12. The van der Waals surface area contributed by atoms with Crippen LogP contribution in [0.15, 0.2) is 42.7 Å². The first kappa shape index (κ1) is 11.8. The van der Waals surface area contributed by atoms with Crippen LogP contribution in [0, 0.1) is 0 Å². The van der Waals surface area contributed by atoms with E-state index in [0.29, 0.717) is 6.54 Å². The van der Waals surface area contributed by atoms with Crippen molar-refractivity contribution < 1.29 is 5.11 Å². The number of aliphatic hydroxyl groups excluding tert-OH is 1. The van der Waals surface area contributed by atoms with Crippen molar-refractivity contribution in [2.75, 3.05) is 6.61 Å². The quantitative estimate of drug-likeness (QED) is 0.814. The molecule has 2 rings (SSSR count). The zero-order valence-electron chi connectivity index (χ0n) is 9.87. The standard InChI is InChI=1S/C13H17N3O/c1-16-9-11(8-15-16)7-14-13(10-17)12-5-3-2-4-6-12/h2-6,8-9,13-14,17H,7,10H2,1H3. The fourth-order valence-electron chi connectivity index (χ4n) is 1.78. The van der Waals surface area contributed by atoms with Crippen LogP contribution in [0.3, 0.4) is 0 Å². The van der Waals surface area contributed by atoms with Crippen LogP contribution < -0.4 is 5.32 Å². The second-order valence-corrected chi connectivity index (χ2v) is 4.05. The van der Waals surface area contributed by atoms with Gasteiger partial charge in [-0.3, -0.25) is 4.68 Å². The lowest BCUT2D eigenvalue weighted by atomic mass is 10.1. The molecule has 4 nitrogen and oxygen atoms in total. The third-order valence-electron chi connectivity index (χ3n) is 2.70. The van der Waals surface area contributed by atoms with E-state index in [1.165, 1.54) is 0 Å². The molecule has 1 aromatic heterocycles. The van der Waals surface area contributed by atoms with Gasteiger partial charge < -0.3 is 10.4 Å². The van der Waals surface area contributed by atoms with Crippen LogP contribution in [0.4, 0.5) is 0 Å². The van der Waals surface area contributed by atoms with Crippen molar-refractivity contribution in [3.8, 4) is 0 Å². The Morgan fingerprint density at radius 2 is 2.12 bits per heavy atom. The number of nitrogens with one attached hydrogen (secondary N) is 1. The largest absolute Gasteiger partial charge is 0.394 e. The van der Waals surface area contributed by atoms with Gasteiger partial charge in [-0.15, -0.1) is 0 Å². The van der Waals surface area contributed by atoms with E-state index in [2.05, 4.69) is 10.4 Å². The van der Waals surface area contributed by atoms with Crippen LogP contribution in [0.5, 0.6) is 0 Å². The maximum atomic E-state index is 9.38. The molecule has 0 saturated carbocycles. The van der Waals surface area contributed by atoms with Crippen molar-refractivity contribution >= 4 is 0 Å². The van der Waals surface area contributed by atoms with Crippen molar-refractivity contribution in [1.82, 2.24) is 15.1 Å². The van der Waals surface area contributed by atoms with Gasteiger partial charge in [-0.2, -0.15) is 5.10 Å². The number of aryl methyl sites for hydroxylation is 1. The number of benzene rings is 1. The van der Waals surface area contributed by atoms with Crippen LogP contribution in [0.1, 0.15) is 17.2 Å². The van der Waals surface area contributed by atoms with Gasteiger partial charge in [0.05, 0.1) is 18.8 Å². The number of nitrogens with zero attached hydrogens (tertiary/aromatic N) is 2. The fraction of sp³-hybridized carbons (Fsp3) is 0.308. The van der Waals surface area contributed by atoms with Crippen LogP contribution in [0.2, 0.25) is 0 Å². The molecule has 90 valence electrons. The lowest BCUT2D eigenvalue weighted by molar-refractivity contribution is 0.243. The highest BCUT2D eigenvalue weighted by molar-refractivity contribution is 5.19. The Balaban J connectivity index is 1.97. The molecule has 4 heteroatoms. The summed E-state index contributed by atoms with van der Waals surface area (Å²) in [7, 11) is 1.89.